The molecule has 0 saturated heterocycles. The van der Waals surface area contributed by atoms with E-state index in [9.17, 15) is 0 Å². The van der Waals surface area contributed by atoms with Crippen molar-refractivity contribution in [1.29, 1.82) is 0 Å². The Bertz CT molecular complexity index is 691. The summed E-state index contributed by atoms with van der Waals surface area (Å²) in [6.07, 6.45) is 3.40. The fourth-order valence-corrected chi connectivity index (χ4v) is 2.51. The lowest BCUT2D eigenvalue weighted by Gasteiger charge is -2.02. The third-order valence-electron chi connectivity index (χ3n) is 4.19. The summed E-state index contributed by atoms with van der Waals surface area (Å²) >= 11 is 0. The fourth-order valence-electron chi connectivity index (χ4n) is 2.51. The Morgan fingerprint density at radius 2 is 0.917 bits per heavy atom. The van der Waals surface area contributed by atoms with Crippen molar-refractivity contribution in [1.82, 2.24) is 0 Å². The molecule has 0 spiro atoms. The summed E-state index contributed by atoms with van der Waals surface area (Å²) in [5.41, 5.74) is 6.92. The average Bonchev–Trinajstić information content (AvgIpc) is 2.63. The van der Waals surface area contributed by atoms with E-state index in [1.54, 1.807) is 0 Å². The molecule has 0 aliphatic rings. The number of benzene rings is 3. The normalized spacial score (nSPS) is 9.96. The molecule has 0 aliphatic heterocycles. The van der Waals surface area contributed by atoms with Crippen LogP contribution in [0.2, 0.25) is 0 Å². The highest BCUT2D eigenvalue weighted by atomic mass is 14.0. The van der Waals surface area contributed by atoms with E-state index < -0.39 is 0 Å². The van der Waals surface area contributed by atoms with Gasteiger partial charge in [0.25, 0.3) is 0 Å². The average molecular weight is 316 g/mol. The third-order valence-corrected chi connectivity index (χ3v) is 4.19. The van der Waals surface area contributed by atoms with Gasteiger partial charge in [-0.3, -0.25) is 0 Å². The molecular formula is C24H28. The van der Waals surface area contributed by atoms with E-state index in [1.807, 2.05) is 0 Å². The SMILES string of the molecule is CCc1ccc(C)cc1.Cc1ccc(CCc2ccccc2)cc1. The molecule has 0 heteroatoms. The zero-order valence-electron chi connectivity index (χ0n) is 15.1. The van der Waals surface area contributed by atoms with Gasteiger partial charge in [-0.05, 0) is 49.8 Å². The van der Waals surface area contributed by atoms with Gasteiger partial charge in [-0.2, -0.15) is 0 Å². The second kappa shape index (κ2) is 9.72. The largest absolute Gasteiger partial charge is 0.0622 e. The Kier molecular flexibility index (Phi) is 7.29. The summed E-state index contributed by atoms with van der Waals surface area (Å²) in [5, 5.41) is 0. The van der Waals surface area contributed by atoms with Crippen LogP contribution in [0.25, 0.3) is 0 Å². The van der Waals surface area contributed by atoms with Gasteiger partial charge in [-0.1, -0.05) is 96.9 Å². The van der Waals surface area contributed by atoms with Crippen LogP contribution in [-0.2, 0) is 19.3 Å². The van der Waals surface area contributed by atoms with Crippen molar-refractivity contribution >= 4 is 0 Å². The summed E-state index contributed by atoms with van der Waals surface area (Å²) in [7, 11) is 0. The first-order chi connectivity index (χ1) is 11.7. The fraction of sp³-hybridized carbons (Fsp3) is 0.250. The van der Waals surface area contributed by atoms with Gasteiger partial charge in [-0.15, -0.1) is 0 Å². The zero-order chi connectivity index (χ0) is 17.2. The highest BCUT2D eigenvalue weighted by Gasteiger charge is 1.94. The van der Waals surface area contributed by atoms with Crippen molar-refractivity contribution in [2.24, 2.45) is 0 Å². The third kappa shape index (κ3) is 6.42. The maximum Gasteiger partial charge on any atom is -0.0238 e. The maximum absolute atomic E-state index is 2.22. The molecule has 0 N–H and O–H groups in total. The summed E-state index contributed by atoms with van der Waals surface area (Å²) in [6, 6.07) is 28.1. The zero-order valence-corrected chi connectivity index (χ0v) is 15.1. The molecule has 0 nitrogen and oxygen atoms in total. The van der Waals surface area contributed by atoms with Crippen molar-refractivity contribution in [2.75, 3.05) is 0 Å². The van der Waals surface area contributed by atoms with Gasteiger partial charge >= 0.3 is 0 Å². The highest BCUT2D eigenvalue weighted by molar-refractivity contribution is 5.23. The van der Waals surface area contributed by atoms with Crippen LogP contribution in [0, 0.1) is 13.8 Å². The number of aryl methyl sites for hydroxylation is 5. The van der Waals surface area contributed by atoms with Crippen LogP contribution in [0.15, 0.2) is 78.9 Å². The van der Waals surface area contributed by atoms with E-state index in [2.05, 4.69) is 99.6 Å². The molecule has 124 valence electrons. The topological polar surface area (TPSA) is 0 Å². The van der Waals surface area contributed by atoms with E-state index in [0.717, 1.165) is 19.3 Å². The van der Waals surface area contributed by atoms with E-state index >= 15 is 0 Å². The molecule has 3 aromatic rings. The quantitative estimate of drug-likeness (QED) is 0.527. The van der Waals surface area contributed by atoms with E-state index in [1.165, 1.54) is 27.8 Å². The summed E-state index contributed by atoms with van der Waals surface area (Å²) in [5.74, 6) is 0. The monoisotopic (exact) mass is 316 g/mol. The van der Waals surface area contributed by atoms with Crippen LogP contribution in [0.4, 0.5) is 0 Å². The molecule has 0 fully saturated rings. The molecular weight excluding hydrogens is 288 g/mol. The Hall–Kier alpha value is -2.34. The Labute approximate surface area is 147 Å². The van der Waals surface area contributed by atoms with Gasteiger partial charge in [0, 0.05) is 0 Å². The molecule has 0 heterocycles. The Balaban J connectivity index is 0.000000198. The minimum absolute atomic E-state index is 1.13. The van der Waals surface area contributed by atoms with Crippen LogP contribution in [0.5, 0.6) is 0 Å². The van der Waals surface area contributed by atoms with Crippen LogP contribution in [-0.4, -0.2) is 0 Å². The standard InChI is InChI=1S/C15H16.C9H12/c1-13-7-9-15(10-8-13)12-11-14-5-3-2-4-6-14;1-3-9-6-4-8(2)5-7-9/h2-10H,11-12H2,1H3;4-7H,3H2,1-2H3. The lowest BCUT2D eigenvalue weighted by molar-refractivity contribution is 0.959. The first kappa shape index (κ1) is 18.0. The van der Waals surface area contributed by atoms with Crippen molar-refractivity contribution < 1.29 is 0 Å². The maximum atomic E-state index is 2.22. The summed E-state index contributed by atoms with van der Waals surface area (Å²) in [6.45, 7) is 6.41. The van der Waals surface area contributed by atoms with Gasteiger partial charge in [0.2, 0.25) is 0 Å². The first-order valence-electron chi connectivity index (χ1n) is 8.82. The minimum atomic E-state index is 1.13. The van der Waals surface area contributed by atoms with Gasteiger partial charge < -0.3 is 0 Å². The molecule has 0 bridgehead atoms. The van der Waals surface area contributed by atoms with Crippen molar-refractivity contribution in [3.05, 3.63) is 107 Å². The molecule has 0 amide bonds. The minimum Gasteiger partial charge on any atom is -0.0622 e. The van der Waals surface area contributed by atoms with E-state index in [-0.39, 0.29) is 0 Å². The Morgan fingerprint density at radius 3 is 1.38 bits per heavy atom. The van der Waals surface area contributed by atoms with Gasteiger partial charge in [-0.25, -0.2) is 0 Å². The van der Waals surface area contributed by atoms with E-state index in [0.29, 0.717) is 0 Å². The number of hydrogen-bond donors (Lipinski definition) is 0. The molecule has 0 unspecified atom stereocenters. The first-order valence-corrected chi connectivity index (χ1v) is 8.82. The molecule has 24 heavy (non-hydrogen) atoms. The summed E-state index contributed by atoms with van der Waals surface area (Å²) < 4.78 is 0. The summed E-state index contributed by atoms with van der Waals surface area (Å²) in [4.78, 5) is 0. The van der Waals surface area contributed by atoms with Crippen LogP contribution >= 0.6 is 0 Å². The van der Waals surface area contributed by atoms with Crippen LogP contribution in [0.1, 0.15) is 34.7 Å². The molecule has 0 saturated carbocycles. The smallest absolute Gasteiger partial charge is 0.0238 e. The molecule has 0 radical (unpaired) electrons. The Morgan fingerprint density at radius 1 is 0.500 bits per heavy atom. The molecule has 3 rings (SSSR count). The van der Waals surface area contributed by atoms with Crippen LogP contribution < -0.4 is 0 Å². The van der Waals surface area contributed by atoms with Gasteiger partial charge in [0.05, 0.1) is 0 Å². The highest BCUT2D eigenvalue weighted by Crippen LogP contribution is 2.08. The van der Waals surface area contributed by atoms with Crippen molar-refractivity contribution in [2.45, 2.75) is 40.0 Å². The van der Waals surface area contributed by atoms with Crippen LogP contribution in [0.3, 0.4) is 0 Å². The van der Waals surface area contributed by atoms with E-state index in [4.69, 9.17) is 0 Å². The van der Waals surface area contributed by atoms with Gasteiger partial charge in [0.1, 0.15) is 0 Å². The lowest BCUT2D eigenvalue weighted by atomic mass is 10.0. The molecule has 3 aromatic carbocycles. The second-order valence-electron chi connectivity index (χ2n) is 6.31. The van der Waals surface area contributed by atoms with Crippen molar-refractivity contribution in [3.8, 4) is 0 Å². The number of rotatable bonds is 4. The second-order valence-corrected chi connectivity index (χ2v) is 6.31. The predicted octanol–water partition coefficient (Wildman–Crippen LogP) is 6.34. The van der Waals surface area contributed by atoms with Crippen molar-refractivity contribution in [3.63, 3.8) is 0 Å². The molecule has 0 aromatic heterocycles. The predicted molar refractivity (Wildman–Crippen MR) is 106 cm³/mol. The van der Waals surface area contributed by atoms with Gasteiger partial charge in [0.15, 0.2) is 0 Å². The number of hydrogen-bond acceptors (Lipinski definition) is 0. The molecule has 0 atom stereocenters. The molecule has 0 aliphatic carbocycles. The lowest BCUT2D eigenvalue weighted by Crippen LogP contribution is -1.90.